The molecule has 1 aromatic carbocycles. The van der Waals surface area contributed by atoms with Gasteiger partial charge in [0, 0.05) is 5.69 Å². The van der Waals surface area contributed by atoms with E-state index in [1.165, 1.54) is 16.9 Å². The first-order valence-electron chi connectivity index (χ1n) is 5.99. The zero-order valence-corrected chi connectivity index (χ0v) is 11.6. The average Bonchev–Trinajstić information content (AvgIpc) is 2.72. The summed E-state index contributed by atoms with van der Waals surface area (Å²) in [6.45, 7) is 4.08. The normalized spacial score (nSPS) is 10.8. The van der Waals surface area contributed by atoms with Crippen molar-refractivity contribution in [2.45, 2.75) is 13.8 Å². The van der Waals surface area contributed by atoms with E-state index >= 15 is 0 Å². The third kappa shape index (κ3) is 2.37. The highest BCUT2D eigenvalue weighted by atomic mass is 32.1. The number of anilines is 3. The Bertz CT molecular complexity index is 731. The summed E-state index contributed by atoms with van der Waals surface area (Å²) in [5.41, 5.74) is 9.88. The molecule has 2 heterocycles. The van der Waals surface area contributed by atoms with Crippen LogP contribution in [0.3, 0.4) is 0 Å². The first-order chi connectivity index (χ1) is 9.11. The second-order valence-electron chi connectivity index (χ2n) is 4.52. The molecule has 0 saturated heterocycles. The van der Waals surface area contributed by atoms with Crippen LogP contribution in [0.15, 0.2) is 30.3 Å². The summed E-state index contributed by atoms with van der Waals surface area (Å²) in [5, 5.41) is 3.88. The van der Waals surface area contributed by atoms with Crippen LogP contribution in [0.5, 0.6) is 0 Å². The molecule has 0 saturated carbocycles. The highest BCUT2D eigenvalue weighted by Crippen LogP contribution is 2.27. The number of hydrogen-bond donors (Lipinski definition) is 2. The van der Waals surface area contributed by atoms with Gasteiger partial charge in [-0.2, -0.15) is 0 Å². The van der Waals surface area contributed by atoms with Gasteiger partial charge in [0.25, 0.3) is 0 Å². The molecule has 0 aliphatic rings. The minimum absolute atomic E-state index is 0.550. The second kappa shape index (κ2) is 4.51. The Balaban J connectivity index is 1.99. The number of benzene rings is 1. The van der Waals surface area contributed by atoms with Crippen LogP contribution >= 0.6 is 11.3 Å². The summed E-state index contributed by atoms with van der Waals surface area (Å²) < 4.78 is 0. The summed E-state index contributed by atoms with van der Waals surface area (Å²) in [6.07, 6.45) is 0. The monoisotopic (exact) mass is 270 g/mol. The number of nitrogen functional groups attached to an aromatic ring is 1. The van der Waals surface area contributed by atoms with Gasteiger partial charge in [-0.05, 0) is 37.6 Å². The van der Waals surface area contributed by atoms with E-state index in [2.05, 4.69) is 34.3 Å². The van der Waals surface area contributed by atoms with Gasteiger partial charge in [0.05, 0.1) is 0 Å². The Labute approximate surface area is 115 Å². The first-order valence-corrected chi connectivity index (χ1v) is 6.81. The number of fused-ring (bicyclic) bond motifs is 1. The predicted octanol–water partition coefficient (Wildman–Crippen LogP) is 3.63. The molecular formula is C14H14N4S. The summed E-state index contributed by atoms with van der Waals surface area (Å²) >= 11 is 1.40. The Morgan fingerprint density at radius 3 is 2.58 bits per heavy atom. The van der Waals surface area contributed by atoms with Crippen molar-refractivity contribution in [3.8, 4) is 0 Å². The summed E-state index contributed by atoms with van der Waals surface area (Å²) in [4.78, 5) is 9.68. The van der Waals surface area contributed by atoms with Crippen molar-refractivity contribution in [2.75, 3.05) is 11.1 Å². The molecule has 0 fully saturated rings. The van der Waals surface area contributed by atoms with E-state index in [1.807, 2.05) is 25.1 Å². The Hall–Kier alpha value is -2.14. The maximum Gasteiger partial charge on any atom is 0.182 e. The number of aromatic nitrogens is 2. The minimum atomic E-state index is 0.550. The fourth-order valence-electron chi connectivity index (χ4n) is 1.88. The van der Waals surface area contributed by atoms with E-state index in [-0.39, 0.29) is 0 Å². The molecule has 4 nitrogen and oxygen atoms in total. The van der Waals surface area contributed by atoms with Crippen LogP contribution in [0.1, 0.15) is 11.1 Å². The molecule has 5 heteroatoms. The molecule has 0 spiro atoms. The van der Waals surface area contributed by atoms with Crippen LogP contribution in [-0.4, -0.2) is 9.97 Å². The van der Waals surface area contributed by atoms with Crippen LogP contribution in [0.2, 0.25) is 0 Å². The van der Waals surface area contributed by atoms with E-state index in [9.17, 15) is 0 Å². The molecule has 3 rings (SSSR count). The molecule has 0 bridgehead atoms. The Morgan fingerprint density at radius 1 is 1.11 bits per heavy atom. The van der Waals surface area contributed by atoms with E-state index < -0.39 is 0 Å². The molecule has 3 aromatic rings. The van der Waals surface area contributed by atoms with Crippen molar-refractivity contribution in [3.63, 3.8) is 0 Å². The van der Waals surface area contributed by atoms with Crippen LogP contribution < -0.4 is 11.1 Å². The number of nitrogens with two attached hydrogens (primary N) is 1. The number of nitrogens with zero attached hydrogens (tertiary/aromatic N) is 2. The quantitative estimate of drug-likeness (QED) is 0.746. The number of rotatable bonds is 2. The lowest BCUT2D eigenvalue weighted by atomic mass is 10.2. The van der Waals surface area contributed by atoms with Crippen molar-refractivity contribution in [3.05, 3.63) is 41.5 Å². The van der Waals surface area contributed by atoms with Crippen LogP contribution in [-0.2, 0) is 0 Å². The molecule has 0 unspecified atom stereocenters. The Kier molecular flexibility index (Phi) is 2.83. The van der Waals surface area contributed by atoms with Crippen molar-refractivity contribution < 1.29 is 0 Å². The fourth-order valence-corrected chi connectivity index (χ4v) is 2.57. The zero-order valence-electron chi connectivity index (χ0n) is 10.8. The summed E-state index contributed by atoms with van der Waals surface area (Å²) in [7, 11) is 0. The van der Waals surface area contributed by atoms with Crippen molar-refractivity contribution in [2.24, 2.45) is 0 Å². The van der Waals surface area contributed by atoms with E-state index in [4.69, 9.17) is 5.73 Å². The van der Waals surface area contributed by atoms with Gasteiger partial charge in [0.15, 0.2) is 5.13 Å². The van der Waals surface area contributed by atoms with Gasteiger partial charge in [-0.15, -0.1) is 0 Å². The molecule has 0 aliphatic carbocycles. The second-order valence-corrected chi connectivity index (χ2v) is 5.53. The molecule has 3 N–H and O–H groups in total. The SMILES string of the molecule is Cc1ccc(Nc2nc3sc(N)nc3cc2C)cc1. The summed E-state index contributed by atoms with van der Waals surface area (Å²) in [5.74, 6) is 0.847. The van der Waals surface area contributed by atoms with Crippen LogP contribution in [0.25, 0.3) is 10.3 Å². The predicted molar refractivity (Wildman–Crippen MR) is 81.0 cm³/mol. The molecule has 19 heavy (non-hydrogen) atoms. The maximum absolute atomic E-state index is 5.71. The molecule has 0 amide bonds. The van der Waals surface area contributed by atoms with Crippen molar-refractivity contribution in [1.82, 2.24) is 9.97 Å². The number of nitrogens with one attached hydrogen (secondary N) is 1. The van der Waals surface area contributed by atoms with Crippen LogP contribution in [0, 0.1) is 13.8 Å². The molecule has 0 atom stereocenters. The topological polar surface area (TPSA) is 63.8 Å². The van der Waals surface area contributed by atoms with Crippen molar-refractivity contribution in [1.29, 1.82) is 0 Å². The average molecular weight is 270 g/mol. The third-order valence-electron chi connectivity index (χ3n) is 2.91. The van der Waals surface area contributed by atoms with Gasteiger partial charge in [-0.3, -0.25) is 0 Å². The first kappa shape index (κ1) is 11.9. The summed E-state index contributed by atoms with van der Waals surface area (Å²) in [6, 6.07) is 10.2. The molecule has 0 aliphatic heterocycles. The van der Waals surface area contributed by atoms with E-state index in [0.717, 1.165) is 27.4 Å². The van der Waals surface area contributed by atoms with Gasteiger partial charge in [0.2, 0.25) is 0 Å². The number of aryl methyl sites for hydroxylation is 2. The Morgan fingerprint density at radius 2 is 1.84 bits per heavy atom. The van der Waals surface area contributed by atoms with E-state index in [1.54, 1.807) is 0 Å². The van der Waals surface area contributed by atoms with Gasteiger partial charge in [-0.1, -0.05) is 29.0 Å². The lowest BCUT2D eigenvalue weighted by Crippen LogP contribution is -1.96. The standard InChI is InChI=1S/C14H14N4S/c1-8-3-5-10(6-4-8)16-12-9(2)7-11-13(18-12)19-14(15)17-11/h3-7H,1-2H3,(H2,15,17)(H,16,18). The van der Waals surface area contributed by atoms with Gasteiger partial charge < -0.3 is 11.1 Å². The fraction of sp³-hybridized carbons (Fsp3) is 0.143. The molecule has 2 aromatic heterocycles. The van der Waals surface area contributed by atoms with Gasteiger partial charge >= 0.3 is 0 Å². The van der Waals surface area contributed by atoms with Crippen molar-refractivity contribution >= 4 is 38.3 Å². The third-order valence-corrected chi connectivity index (χ3v) is 3.70. The maximum atomic E-state index is 5.71. The van der Waals surface area contributed by atoms with Crippen LogP contribution in [0.4, 0.5) is 16.6 Å². The molecule has 96 valence electrons. The lowest BCUT2D eigenvalue weighted by Gasteiger charge is -2.08. The van der Waals surface area contributed by atoms with E-state index in [0.29, 0.717) is 5.13 Å². The molecular weight excluding hydrogens is 256 g/mol. The smallest absolute Gasteiger partial charge is 0.182 e. The highest BCUT2D eigenvalue weighted by molar-refractivity contribution is 7.21. The number of hydrogen-bond acceptors (Lipinski definition) is 5. The number of thiazole rings is 1. The number of pyridine rings is 1. The highest BCUT2D eigenvalue weighted by Gasteiger charge is 2.07. The van der Waals surface area contributed by atoms with Gasteiger partial charge in [-0.25, -0.2) is 9.97 Å². The largest absolute Gasteiger partial charge is 0.375 e. The zero-order chi connectivity index (χ0) is 13.4. The molecule has 0 radical (unpaired) electrons. The lowest BCUT2D eigenvalue weighted by molar-refractivity contribution is 1.31. The minimum Gasteiger partial charge on any atom is -0.375 e. The van der Waals surface area contributed by atoms with Gasteiger partial charge in [0.1, 0.15) is 16.2 Å².